The van der Waals surface area contributed by atoms with Crippen LogP contribution in [0.3, 0.4) is 0 Å². The van der Waals surface area contributed by atoms with Crippen molar-refractivity contribution in [2.75, 3.05) is 6.61 Å². The van der Waals surface area contributed by atoms with E-state index in [-0.39, 0.29) is 154 Å². The van der Waals surface area contributed by atoms with Crippen LogP contribution >= 0.6 is 38.8 Å². The summed E-state index contributed by atoms with van der Waals surface area (Å²) in [5.41, 5.74) is 0. The van der Waals surface area contributed by atoms with Crippen molar-refractivity contribution in [3.63, 3.8) is 0 Å². The van der Waals surface area contributed by atoms with Gasteiger partial charge in [-0.1, -0.05) is 0 Å². The number of halogens is 2. The van der Waals surface area contributed by atoms with Gasteiger partial charge in [0.2, 0.25) is 0 Å². The van der Waals surface area contributed by atoms with Crippen molar-refractivity contribution >= 4 is 38.8 Å². The largest absolute Gasteiger partial charge is 1.00 e. The SMILES string of the molecule is O=P([O-])([O-])OP(=O)([O-])OCC(Cl)Cl.[K+].[K+].[K+]. The zero-order chi connectivity index (χ0) is 10.7. The van der Waals surface area contributed by atoms with Crippen LogP contribution in [0.5, 0.6) is 0 Å². The van der Waals surface area contributed by atoms with Gasteiger partial charge in [-0.25, -0.2) is 0 Å². The standard InChI is InChI=1S/C2H6Cl2O7P2.3K/c3-2(4)1-10-13(8,9)11-12(5,6)7;;;/h2H,1H2,(H,8,9)(H2,5,6,7);;;/q;3*+1/p-3. The Hall–Kier alpha value is 5.75. The summed E-state index contributed by atoms with van der Waals surface area (Å²) in [6.45, 7) is -0.704. The van der Waals surface area contributed by atoms with E-state index >= 15 is 0 Å². The molecule has 0 aromatic rings. The molecule has 0 spiro atoms. The van der Waals surface area contributed by atoms with Crippen LogP contribution in [-0.2, 0) is 18.0 Å². The van der Waals surface area contributed by atoms with Crippen LogP contribution in [0.15, 0.2) is 0 Å². The number of hydrogen-bond donors (Lipinski definition) is 0. The molecule has 0 amide bonds. The van der Waals surface area contributed by atoms with Crippen LogP contribution in [0.1, 0.15) is 0 Å². The van der Waals surface area contributed by atoms with Gasteiger partial charge >= 0.3 is 154 Å². The fourth-order valence-corrected chi connectivity index (χ4v) is 2.10. The Kier molecular flexibility index (Phi) is 26.7. The van der Waals surface area contributed by atoms with E-state index in [1.807, 2.05) is 0 Å². The molecule has 0 aromatic carbocycles. The van der Waals surface area contributed by atoms with E-state index < -0.39 is 27.1 Å². The smallest absolute Gasteiger partial charge is 0.790 e. The summed E-state index contributed by atoms with van der Waals surface area (Å²) in [5.74, 6) is 0. The molecule has 0 aliphatic rings. The molecule has 0 bridgehead atoms. The summed E-state index contributed by atoms with van der Waals surface area (Å²) in [5, 5.41) is 0. The van der Waals surface area contributed by atoms with Crippen molar-refractivity contribution in [1.29, 1.82) is 0 Å². The van der Waals surface area contributed by atoms with Gasteiger partial charge < -0.3 is 23.8 Å². The maximum Gasteiger partial charge on any atom is 1.00 e. The third-order valence-corrected chi connectivity index (χ3v) is 2.88. The van der Waals surface area contributed by atoms with Gasteiger partial charge in [0.15, 0.2) is 0 Å². The molecule has 0 aliphatic carbocycles. The predicted octanol–water partition coefficient (Wildman–Crippen LogP) is -9.87. The van der Waals surface area contributed by atoms with E-state index in [0.29, 0.717) is 0 Å². The van der Waals surface area contributed by atoms with Crippen LogP contribution in [0.2, 0.25) is 0 Å². The van der Waals surface area contributed by atoms with E-state index in [4.69, 9.17) is 23.2 Å². The minimum atomic E-state index is -5.63. The van der Waals surface area contributed by atoms with Gasteiger partial charge in [0.1, 0.15) is 4.84 Å². The average Bonchev–Trinajstić information content (AvgIpc) is 1.78. The van der Waals surface area contributed by atoms with E-state index in [0.717, 1.165) is 0 Å². The van der Waals surface area contributed by atoms with Gasteiger partial charge in [-0.3, -0.25) is 8.88 Å². The Bertz CT molecular complexity index is 258. The van der Waals surface area contributed by atoms with Crippen molar-refractivity contribution in [2.24, 2.45) is 0 Å². The first-order valence-corrected chi connectivity index (χ1v) is 6.39. The maximum atomic E-state index is 10.4. The Morgan fingerprint density at radius 3 is 1.69 bits per heavy atom. The third kappa shape index (κ3) is 22.0. The Balaban J connectivity index is -0.000000240. The minimum absolute atomic E-state index is 0. The monoisotopic (exact) mass is 388 g/mol. The Morgan fingerprint density at radius 1 is 1.06 bits per heavy atom. The number of phosphoric acid groups is 2. The molecule has 0 aliphatic heterocycles. The molecular formula is C2H3Cl2K3O7P2. The summed E-state index contributed by atoms with van der Waals surface area (Å²) < 4.78 is 27.2. The van der Waals surface area contributed by atoms with Crippen LogP contribution in [-0.4, -0.2) is 11.4 Å². The molecule has 7 nitrogen and oxygen atoms in total. The molecule has 0 heterocycles. The zero-order valence-corrected chi connectivity index (χ0v) is 21.5. The van der Waals surface area contributed by atoms with Crippen molar-refractivity contribution < 1.29 is 187 Å². The topological polar surface area (TPSA) is 122 Å². The first-order chi connectivity index (χ1) is 5.62. The van der Waals surface area contributed by atoms with Crippen LogP contribution in [0, 0.1) is 0 Å². The maximum absolute atomic E-state index is 10.4. The van der Waals surface area contributed by atoms with Gasteiger partial charge in [-0.15, -0.1) is 23.2 Å². The fourth-order valence-electron chi connectivity index (χ4n) is 0.294. The second-order valence-electron chi connectivity index (χ2n) is 1.66. The normalized spacial score (nSPS) is 14.1. The molecule has 0 saturated carbocycles. The molecule has 1 atom stereocenters. The van der Waals surface area contributed by atoms with Gasteiger partial charge in [-0.2, -0.15) is 0 Å². The van der Waals surface area contributed by atoms with Crippen molar-refractivity contribution in [1.82, 2.24) is 0 Å². The molecule has 0 rings (SSSR count). The van der Waals surface area contributed by atoms with E-state index in [1.165, 1.54) is 0 Å². The first kappa shape index (κ1) is 29.7. The van der Waals surface area contributed by atoms with Crippen LogP contribution in [0.25, 0.3) is 0 Å². The molecular weight excluding hydrogens is 386 g/mol. The van der Waals surface area contributed by atoms with Crippen molar-refractivity contribution in [3.8, 4) is 0 Å². The zero-order valence-electron chi connectivity index (χ0n) is 8.79. The van der Waals surface area contributed by atoms with Gasteiger partial charge in [-0.05, 0) is 0 Å². The van der Waals surface area contributed by atoms with E-state index in [2.05, 4.69) is 8.83 Å². The Morgan fingerprint density at radius 2 is 1.44 bits per heavy atom. The summed E-state index contributed by atoms with van der Waals surface area (Å²) in [7, 11) is -10.8. The molecule has 0 N–H and O–H groups in total. The summed E-state index contributed by atoms with van der Waals surface area (Å²) in [6, 6.07) is 0. The number of hydrogen-bond acceptors (Lipinski definition) is 7. The minimum Gasteiger partial charge on any atom is -0.790 e. The van der Waals surface area contributed by atoms with Gasteiger partial charge in [0, 0.05) is 0 Å². The molecule has 0 fully saturated rings. The fraction of sp³-hybridized carbons (Fsp3) is 1.00. The Labute approximate surface area is 230 Å². The van der Waals surface area contributed by atoms with Crippen molar-refractivity contribution in [2.45, 2.75) is 4.84 Å². The van der Waals surface area contributed by atoms with E-state index in [1.54, 1.807) is 0 Å². The predicted molar refractivity (Wildman–Crippen MR) is 37.7 cm³/mol. The van der Waals surface area contributed by atoms with Crippen LogP contribution in [0.4, 0.5) is 0 Å². The summed E-state index contributed by atoms with van der Waals surface area (Å²) in [6.07, 6.45) is 0. The number of phosphoric ester groups is 1. The van der Waals surface area contributed by atoms with Crippen molar-refractivity contribution in [3.05, 3.63) is 0 Å². The van der Waals surface area contributed by atoms with E-state index in [9.17, 15) is 23.8 Å². The second kappa shape index (κ2) is 14.3. The molecule has 0 radical (unpaired) electrons. The molecule has 14 heteroatoms. The molecule has 80 valence electrons. The summed E-state index contributed by atoms with van der Waals surface area (Å²) >= 11 is 10.1. The molecule has 0 saturated heterocycles. The number of rotatable bonds is 5. The molecule has 1 unspecified atom stereocenters. The summed E-state index contributed by atoms with van der Waals surface area (Å²) in [4.78, 5) is 28.9. The third-order valence-electron chi connectivity index (χ3n) is 0.559. The first-order valence-electron chi connectivity index (χ1n) is 2.59. The van der Waals surface area contributed by atoms with Gasteiger partial charge in [0.25, 0.3) is 7.82 Å². The van der Waals surface area contributed by atoms with Gasteiger partial charge in [0.05, 0.1) is 14.4 Å². The average molecular weight is 389 g/mol. The quantitative estimate of drug-likeness (QED) is 0.260. The molecule has 16 heavy (non-hydrogen) atoms. The molecule has 0 aromatic heterocycles. The number of alkyl halides is 2. The second-order valence-corrected chi connectivity index (χ2v) is 5.64. The van der Waals surface area contributed by atoms with Crippen LogP contribution < -0.4 is 169 Å².